The number of carbonyl (C=O) groups is 5. The summed E-state index contributed by atoms with van der Waals surface area (Å²) in [6.07, 6.45) is -0.851. The highest BCUT2D eigenvalue weighted by Crippen LogP contribution is 2.56. The summed E-state index contributed by atoms with van der Waals surface area (Å²) < 4.78 is -0.823. The molecule has 3 unspecified atom stereocenters. The average Bonchev–Trinajstić information content (AvgIpc) is 3.99. The lowest BCUT2D eigenvalue weighted by Gasteiger charge is -2.48. The van der Waals surface area contributed by atoms with E-state index < -0.39 is 76.2 Å². The van der Waals surface area contributed by atoms with E-state index in [1.807, 2.05) is 220 Å². The number of aliphatic carboxylic acids is 1. The second kappa shape index (κ2) is 23.4. The van der Waals surface area contributed by atoms with Crippen molar-refractivity contribution in [2.75, 3.05) is 17.6 Å². The molecule has 0 saturated carbocycles. The van der Waals surface area contributed by atoms with Crippen LogP contribution in [0.2, 0.25) is 0 Å². The fourth-order valence-corrected chi connectivity index (χ4v) is 12.8. The number of hydrogen-bond acceptors (Lipinski definition) is 9. The number of carboxylic acids is 1. The second-order valence-electron chi connectivity index (χ2n) is 19.6. The molecule has 0 spiro atoms. The molecule has 0 aromatic heterocycles. The summed E-state index contributed by atoms with van der Waals surface area (Å²) in [7, 11) is 0. The van der Waals surface area contributed by atoms with Gasteiger partial charge in [0.1, 0.15) is 17.8 Å². The van der Waals surface area contributed by atoms with Gasteiger partial charge < -0.3 is 31.5 Å². The number of rotatable bonds is 22. The van der Waals surface area contributed by atoms with Gasteiger partial charge in [0.15, 0.2) is 5.78 Å². The number of ketones is 1. The van der Waals surface area contributed by atoms with Crippen molar-refractivity contribution < 1.29 is 34.2 Å². The summed E-state index contributed by atoms with van der Waals surface area (Å²) >= 11 is 1.41. The molecule has 7 aromatic carbocycles. The first kappa shape index (κ1) is 53.0. The van der Waals surface area contributed by atoms with Crippen molar-refractivity contribution in [3.8, 4) is 0 Å². The fourth-order valence-electron chi connectivity index (χ4n) is 11.2. The largest absolute Gasteiger partial charge is 0.480 e. The number of amides is 3. The van der Waals surface area contributed by atoms with Crippen LogP contribution in [0.5, 0.6) is 0 Å². The monoisotopic (exact) mass is 1030 g/mol. The first-order chi connectivity index (χ1) is 36.9. The van der Waals surface area contributed by atoms with Crippen molar-refractivity contribution in [1.29, 1.82) is 0 Å². The third-order valence-electron chi connectivity index (χ3n) is 15.1. The van der Waals surface area contributed by atoms with Crippen molar-refractivity contribution in [2.45, 2.75) is 79.7 Å². The molecule has 2 aliphatic rings. The average molecular weight is 1030 g/mol. The number of nitrogens with one attached hydrogen (secondary N) is 4. The van der Waals surface area contributed by atoms with Gasteiger partial charge in [0.25, 0.3) is 0 Å². The standard InChI is InChI=1S/C63H63N5O7S/c1-3-43(2)57(54(69)38-39-55(70)65-52(59(73)74)42-76-63(47-30-16-7-17-31-47,48-32-18-8-19-33-48)49-34-20-9-21-35-49)67-56(71)41-64-58(72)53-40-61(75)50-36-22-23-37-51(50)66-60(61)68(53)62(44-24-10-4-11-25-44,45-26-12-5-13-27-45)46-28-14-6-15-29-46/h4-37,43,52-53,57,60,66,75H,3,38-42H2,1-2H3,(H,64,72)(H,65,70)(H,67,71)(H,73,74)/t43-,52-,53?,57-,60?,61?/m0/s1. The first-order valence-electron chi connectivity index (χ1n) is 25.9. The molecular formula is C63H63N5O7S. The lowest BCUT2D eigenvalue weighted by Crippen LogP contribution is -2.60. The van der Waals surface area contributed by atoms with Crippen LogP contribution in [0, 0.1) is 5.92 Å². The van der Waals surface area contributed by atoms with Crippen molar-refractivity contribution in [3.05, 3.63) is 245 Å². The molecule has 76 heavy (non-hydrogen) atoms. The van der Waals surface area contributed by atoms with Crippen LogP contribution in [0.15, 0.2) is 206 Å². The van der Waals surface area contributed by atoms with E-state index in [1.54, 1.807) is 0 Å². The van der Waals surface area contributed by atoms with Gasteiger partial charge in [0, 0.05) is 36.3 Å². The highest BCUT2D eigenvalue weighted by atomic mass is 32.2. The Morgan fingerprint density at radius 2 is 1.08 bits per heavy atom. The molecular weight excluding hydrogens is 971 g/mol. The number of likely N-dealkylation sites (tertiary alicyclic amines) is 1. The summed E-state index contributed by atoms with van der Waals surface area (Å²) in [6.45, 7) is 3.25. The molecule has 1 fully saturated rings. The van der Waals surface area contributed by atoms with E-state index in [0.717, 1.165) is 39.1 Å². The van der Waals surface area contributed by atoms with E-state index >= 15 is 4.79 Å². The molecule has 3 amide bonds. The number of carbonyl (C=O) groups excluding carboxylic acids is 4. The van der Waals surface area contributed by atoms with E-state index in [1.165, 1.54) is 11.8 Å². The molecule has 1 saturated heterocycles. The maximum atomic E-state index is 15.0. The number of fused-ring (bicyclic) bond motifs is 3. The van der Waals surface area contributed by atoms with Gasteiger partial charge in [-0.1, -0.05) is 220 Å². The van der Waals surface area contributed by atoms with Crippen LogP contribution >= 0.6 is 11.8 Å². The Hall–Kier alpha value is -7.84. The molecule has 2 aliphatic heterocycles. The van der Waals surface area contributed by atoms with Gasteiger partial charge >= 0.3 is 5.97 Å². The maximum Gasteiger partial charge on any atom is 0.327 e. The molecule has 12 nitrogen and oxygen atoms in total. The zero-order valence-corrected chi connectivity index (χ0v) is 43.4. The predicted molar refractivity (Wildman–Crippen MR) is 297 cm³/mol. The van der Waals surface area contributed by atoms with E-state index in [4.69, 9.17) is 0 Å². The minimum absolute atomic E-state index is 0.000902. The quantitative estimate of drug-likeness (QED) is 0.0360. The lowest BCUT2D eigenvalue weighted by molar-refractivity contribution is -0.141. The van der Waals surface area contributed by atoms with E-state index in [9.17, 15) is 29.4 Å². The Morgan fingerprint density at radius 1 is 0.632 bits per heavy atom. The maximum absolute atomic E-state index is 15.0. The van der Waals surface area contributed by atoms with Crippen LogP contribution in [0.4, 0.5) is 5.69 Å². The van der Waals surface area contributed by atoms with Gasteiger partial charge in [-0.3, -0.25) is 24.1 Å². The number of hydrogen-bond donors (Lipinski definition) is 6. The second-order valence-corrected chi connectivity index (χ2v) is 20.9. The minimum Gasteiger partial charge on any atom is -0.480 e. The van der Waals surface area contributed by atoms with Gasteiger partial charge in [-0.25, -0.2) is 4.79 Å². The van der Waals surface area contributed by atoms with Crippen molar-refractivity contribution in [1.82, 2.24) is 20.9 Å². The Kier molecular flexibility index (Phi) is 16.3. The van der Waals surface area contributed by atoms with Crippen LogP contribution in [0.1, 0.15) is 78.5 Å². The van der Waals surface area contributed by atoms with Crippen LogP contribution in [0.3, 0.4) is 0 Å². The van der Waals surface area contributed by atoms with E-state index in [0.29, 0.717) is 12.0 Å². The van der Waals surface area contributed by atoms with Gasteiger partial charge in [-0.15, -0.1) is 11.8 Å². The van der Waals surface area contributed by atoms with Crippen molar-refractivity contribution in [3.63, 3.8) is 0 Å². The minimum atomic E-state index is -1.52. The third kappa shape index (κ3) is 10.4. The normalized spacial score (nSPS) is 18.2. The van der Waals surface area contributed by atoms with Gasteiger partial charge in [-0.2, -0.15) is 0 Å². The summed E-state index contributed by atoms with van der Waals surface area (Å²) in [4.78, 5) is 71.5. The lowest BCUT2D eigenvalue weighted by atomic mass is 9.74. The molecule has 388 valence electrons. The predicted octanol–water partition coefficient (Wildman–Crippen LogP) is 8.98. The molecule has 0 radical (unpaired) electrons. The van der Waals surface area contributed by atoms with Gasteiger partial charge in [0.2, 0.25) is 17.7 Å². The number of para-hydroxylation sites is 1. The van der Waals surface area contributed by atoms with Crippen LogP contribution < -0.4 is 21.3 Å². The number of thioether (sulfide) groups is 1. The number of aliphatic hydroxyl groups is 1. The third-order valence-corrected chi connectivity index (χ3v) is 16.7. The fraction of sp³-hybridized carbons (Fsp3) is 0.254. The number of Topliss-reactive ketones (excluding diaryl/α,β-unsaturated/α-hetero) is 1. The first-order valence-corrected chi connectivity index (χ1v) is 26.9. The Labute approximate surface area is 448 Å². The topological polar surface area (TPSA) is 177 Å². The summed E-state index contributed by atoms with van der Waals surface area (Å²) in [6, 6.07) is 63.5. The zero-order valence-electron chi connectivity index (χ0n) is 42.6. The zero-order chi connectivity index (χ0) is 53.3. The van der Waals surface area contributed by atoms with Crippen molar-refractivity contribution >= 4 is 46.9 Å². The number of anilines is 1. The van der Waals surface area contributed by atoms with Crippen LogP contribution in [0.25, 0.3) is 0 Å². The highest BCUT2D eigenvalue weighted by Gasteiger charge is 2.64. The van der Waals surface area contributed by atoms with Crippen molar-refractivity contribution in [2.24, 2.45) is 5.92 Å². The van der Waals surface area contributed by atoms with Crippen LogP contribution in [-0.4, -0.2) is 81.2 Å². The molecule has 0 aliphatic carbocycles. The van der Waals surface area contributed by atoms with Crippen LogP contribution in [-0.2, 0) is 39.9 Å². The summed E-state index contributed by atoms with van der Waals surface area (Å²) in [5.41, 5.74) is 4.17. The highest BCUT2D eigenvalue weighted by molar-refractivity contribution is 8.00. The Morgan fingerprint density at radius 3 is 1.54 bits per heavy atom. The molecule has 7 aromatic rings. The molecule has 6 atom stereocenters. The summed E-state index contributed by atoms with van der Waals surface area (Å²) in [5.74, 6) is -3.67. The number of nitrogens with zero attached hydrogens (tertiary/aromatic N) is 1. The molecule has 2 heterocycles. The number of carboxylic acid groups (broad SMARTS) is 1. The molecule has 13 heteroatoms. The number of benzene rings is 7. The van der Waals surface area contributed by atoms with Gasteiger partial charge in [-0.05, 0) is 45.4 Å². The molecule has 9 rings (SSSR count). The van der Waals surface area contributed by atoms with Gasteiger partial charge in [0.05, 0.1) is 28.9 Å². The SMILES string of the molecule is CC[C@H](C)[C@H](NC(=O)CNC(=O)C1CC2(O)c3ccccc3NC2N1C(c1ccccc1)(c1ccccc1)c1ccccc1)C(=O)CCC(=O)N[C@@H](CSC(c1ccccc1)(c1ccccc1)c1ccccc1)C(=O)O. The Bertz CT molecular complexity index is 2920. The Balaban J connectivity index is 0.907. The van der Waals surface area contributed by atoms with E-state index in [2.05, 4.69) is 26.2 Å². The summed E-state index contributed by atoms with van der Waals surface area (Å²) in [5, 5.41) is 35.4. The molecule has 0 bridgehead atoms. The molecule has 6 N–H and O–H groups in total. The van der Waals surface area contributed by atoms with E-state index in [-0.39, 0.29) is 30.9 Å². The smallest absolute Gasteiger partial charge is 0.327 e.